The van der Waals surface area contributed by atoms with Gasteiger partial charge in [-0.1, -0.05) is 12.1 Å². The molecule has 31 heavy (non-hydrogen) atoms. The number of anilines is 1. The van der Waals surface area contributed by atoms with E-state index in [9.17, 15) is 14.4 Å². The van der Waals surface area contributed by atoms with Crippen molar-refractivity contribution in [2.24, 2.45) is 0 Å². The van der Waals surface area contributed by atoms with Gasteiger partial charge in [-0.3, -0.25) is 24.1 Å². The Balaban J connectivity index is 1.51. The van der Waals surface area contributed by atoms with Crippen molar-refractivity contribution in [2.75, 3.05) is 5.32 Å². The summed E-state index contributed by atoms with van der Waals surface area (Å²) in [5.41, 5.74) is 4.01. The van der Waals surface area contributed by atoms with Crippen LogP contribution in [-0.2, 0) is 16.1 Å². The number of nitrogens with one attached hydrogen (secondary N) is 2. The quantitative estimate of drug-likeness (QED) is 0.636. The summed E-state index contributed by atoms with van der Waals surface area (Å²) < 4.78 is 2.02. The third kappa shape index (κ3) is 3.24. The lowest BCUT2D eigenvalue weighted by Crippen LogP contribution is -2.52. The molecular formula is C23H23N5O3. The first-order valence-corrected chi connectivity index (χ1v) is 10.4. The molecule has 2 N–H and O–H groups in total. The fourth-order valence-electron chi connectivity index (χ4n) is 4.33. The lowest BCUT2D eigenvalue weighted by Gasteiger charge is -2.29. The van der Waals surface area contributed by atoms with Gasteiger partial charge < -0.3 is 10.2 Å². The summed E-state index contributed by atoms with van der Waals surface area (Å²) in [5, 5.41) is 5.82. The highest BCUT2D eigenvalue weighted by atomic mass is 16.2. The van der Waals surface area contributed by atoms with Gasteiger partial charge in [0, 0.05) is 36.3 Å². The van der Waals surface area contributed by atoms with Crippen LogP contribution in [0.4, 0.5) is 5.82 Å². The number of pyridine rings is 1. The van der Waals surface area contributed by atoms with Crippen molar-refractivity contribution >= 4 is 29.2 Å². The molecule has 8 heteroatoms. The maximum absolute atomic E-state index is 13.0. The number of rotatable bonds is 4. The van der Waals surface area contributed by atoms with E-state index in [1.165, 1.54) is 0 Å². The Morgan fingerprint density at radius 3 is 2.77 bits per heavy atom. The van der Waals surface area contributed by atoms with Crippen molar-refractivity contribution in [2.45, 2.75) is 45.3 Å². The Morgan fingerprint density at radius 1 is 1.16 bits per heavy atom. The van der Waals surface area contributed by atoms with Gasteiger partial charge in [0.05, 0.1) is 0 Å². The van der Waals surface area contributed by atoms with Gasteiger partial charge in [-0.15, -0.1) is 0 Å². The highest BCUT2D eigenvalue weighted by Gasteiger charge is 2.39. The van der Waals surface area contributed by atoms with E-state index >= 15 is 0 Å². The maximum atomic E-state index is 13.0. The van der Waals surface area contributed by atoms with Crippen molar-refractivity contribution in [1.29, 1.82) is 0 Å². The third-order valence-electron chi connectivity index (χ3n) is 5.75. The first kappa shape index (κ1) is 19.3. The molecule has 0 bridgehead atoms. The summed E-state index contributed by atoms with van der Waals surface area (Å²) in [4.78, 5) is 43.1. The van der Waals surface area contributed by atoms with Crippen molar-refractivity contribution < 1.29 is 14.4 Å². The maximum Gasteiger partial charge on any atom is 0.255 e. The van der Waals surface area contributed by atoms with Gasteiger partial charge in [0.25, 0.3) is 5.91 Å². The Morgan fingerprint density at radius 2 is 2.00 bits per heavy atom. The molecule has 0 aliphatic carbocycles. The van der Waals surface area contributed by atoms with Gasteiger partial charge >= 0.3 is 0 Å². The van der Waals surface area contributed by atoms with Crippen LogP contribution < -0.4 is 10.6 Å². The summed E-state index contributed by atoms with van der Waals surface area (Å²) in [7, 11) is 0. The molecule has 8 nitrogen and oxygen atoms in total. The van der Waals surface area contributed by atoms with E-state index in [1.807, 2.05) is 47.0 Å². The van der Waals surface area contributed by atoms with Crippen LogP contribution in [0.5, 0.6) is 0 Å². The van der Waals surface area contributed by atoms with Gasteiger partial charge in [0.15, 0.2) is 0 Å². The van der Waals surface area contributed by atoms with Crippen LogP contribution in [0.1, 0.15) is 42.6 Å². The Hall–Kier alpha value is -3.68. The van der Waals surface area contributed by atoms with E-state index < -0.39 is 11.9 Å². The number of benzene rings is 1. The number of imide groups is 1. The topological polar surface area (TPSA) is 95.8 Å². The molecule has 1 atom stereocenters. The van der Waals surface area contributed by atoms with E-state index in [2.05, 4.69) is 24.5 Å². The number of hydrogen-bond donors (Lipinski definition) is 2. The predicted molar refractivity (Wildman–Crippen MR) is 115 cm³/mol. The largest absolute Gasteiger partial charge is 0.367 e. The number of piperidine rings is 1. The van der Waals surface area contributed by atoms with Crippen LogP contribution in [0.2, 0.25) is 0 Å². The lowest BCUT2D eigenvalue weighted by atomic mass is 10.0. The number of hydrogen-bond acceptors (Lipinski definition) is 5. The van der Waals surface area contributed by atoms with Crippen LogP contribution >= 0.6 is 0 Å². The van der Waals surface area contributed by atoms with Crippen molar-refractivity contribution in [3.8, 4) is 11.3 Å². The monoisotopic (exact) mass is 417 g/mol. The molecular weight excluding hydrogens is 394 g/mol. The van der Waals surface area contributed by atoms with Crippen molar-refractivity contribution in [3.63, 3.8) is 0 Å². The Kier molecular flexibility index (Phi) is 4.50. The Bertz CT molecular complexity index is 1230. The first-order chi connectivity index (χ1) is 14.9. The minimum atomic E-state index is -0.616. The lowest BCUT2D eigenvalue weighted by molar-refractivity contribution is -0.136. The smallest absolute Gasteiger partial charge is 0.255 e. The van der Waals surface area contributed by atoms with Gasteiger partial charge in [-0.05, 0) is 50.1 Å². The van der Waals surface area contributed by atoms with E-state index in [4.69, 9.17) is 4.98 Å². The predicted octanol–water partition coefficient (Wildman–Crippen LogP) is 2.58. The van der Waals surface area contributed by atoms with Crippen LogP contribution in [-0.4, -0.2) is 44.1 Å². The molecule has 3 amide bonds. The van der Waals surface area contributed by atoms with Gasteiger partial charge in [-0.2, -0.15) is 0 Å². The van der Waals surface area contributed by atoms with E-state index in [-0.39, 0.29) is 24.3 Å². The van der Waals surface area contributed by atoms with Gasteiger partial charge in [0.2, 0.25) is 11.8 Å². The normalized spacial score (nSPS) is 18.6. The summed E-state index contributed by atoms with van der Waals surface area (Å²) in [6.07, 6.45) is 2.57. The van der Waals surface area contributed by atoms with Crippen molar-refractivity contribution in [1.82, 2.24) is 19.6 Å². The fourth-order valence-corrected chi connectivity index (χ4v) is 4.33. The molecule has 5 rings (SSSR count). The van der Waals surface area contributed by atoms with Gasteiger partial charge in [-0.25, -0.2) is 4.98 Å². The second-order valence-corrected chi connectivity index (χ2v) is 8.31. The zero-order chi connectivity index (χ0) is 21.7. The zero-order valence-electron chi connectivity index (χ0n) is 17.4. The summed E-state index contributed by atoms with van der Waals surface area (Å²) in [6.45, 7) is 4.49. The summed E-state index contributed by atoms with van der Waals surface area (Å²) in [6, 6.07) is 11.2. The molecule has 4 heterocycles. The van der Waals surface area contributed by atoms with Gasteiger partial charge in [0.1, 0.15) is 23.2 Å². The first-order valence-electron chi connectivity index (χ1n) is 10.4. The van der Waals surface area contributed by atoms with Crippen LogP contribution in [0.15, 0.2) is 42.6 Å². The molecule has 1 unspecified atom stereocenters. The number of fused-ring (bicyclic) bond motifs is 2. The molecule has 2 aliphatic heterocycles. The fraction of sp³-hybridized carbons (Fsp3) is 0.304. The molecule has 1 aromatic carbocycles. The van der Waals surface area contributed by atoms with Crippen LogP contribution in [0, 0.1) is 0 Å². The van der Waals surface area contributed by atoms with E-state index in [0.717, 1.165) is 28.3 Å². The molecule has 2 aliphatic rings. The standard InChI is InChI=1S/C23H23N5O3/c1-13(2)24-21-20(25-18-5-3-4-10-27(18)21)14-6-7-16-15(11-14)12-28(23(16)31)17-8-9-19(29)26-22(17)30/h3-7,10-11,13,17,24H,8-9,12H2,1-2H3,(H,26,29,30). The molecule has 0 radical (unpaired) electrons. The number of imidazole rings is 1. The average molecular weight is 417 g/mol. The zero-order valence-corrected chi connectivity index (χ0v) is 17.4. The highest BCUT2D eigenvalue weighted by Crippen LogP contribution is 2.34. The number of carbonyl (C=O) groups is 3. The molecule has 0 saturated carbocycles. The minimum absolute atomic E-state index is 0.174. The number of nitrogens with zero attached hydrogens (tertiary/aromatic N) is 3. The van der Waals surface area contributed by atoms with E-state index in [1.54, 1.807) is 4.90 Å². The molecule has 1 fully saturated rings. The number of amides is 3. The Labute approximate surface area is 179 Å². The number of carbonyl (C=O) groups excluding carboxylic acids is 3. The van der Waals surface area contributed by atoms with Crippen LogP contribution in [0.25, 0.3) is 16.9 Å². The van der Waals surface area contributed by atoms with Crippen LogP contribution in [0.3, 0.4) is 0 Å². The number of aromatic nitrogens is 2. The second kappa shape index (κ2) is 7.23. The van der Waals surface area contributed by atoms with Crippen molar-refractivity contribution in [3.05, 3.63) is 53.7 Å². The molecule has 0 spiro atoms. The third-order valence-corrected chi connectivity index (χ3v) is 5.75. The molecule has 3 aromatic rings. The molecule has 1 saturated heterocycles. The summed E-state index contributed by atoms with van der Waals surface area (Å²) in [5.74, 6) is 0.0367. The second-order valence-electron chi connectivity index (χ2n) is 8.31. The minimum Gasteiger partial charge on any atom is -0.367 e. The summed E-state index contributed by atoms with van der Waals surface area (Å²) >= 11 is 0. The molecule has 158 valence electrons. The average Bonchev–Trinajstić information content (AvgIpc) is 3.25. The highest BCUT2D eigenvalue weighted by molar-refractivity contribution is 6.05. The van der Waals surface area contributed by atoms with E-state index in [0.29, 0.717) is 18.5 Å². The SMILES string of the molecule is CC(C)Nc1c(-c2ccc3c(c2)CN(C2CCC(=O)NC2=O)C3=O)nc2ccccn12. The molecule has 2 aromatic heterocycles.